The molecule has 5 heteroatoms. The van der Waals surface area contributed by atoms with Crippen molar-refractivity contribution in [3.05, 3.63) is 35.4 Å². The van der Waals surface area contributed by atoms with Gasteiger partial charge < -0.3 is 9.84 Å². The third-order valence-corrected chi connectivity index (χ3v) is 2.94. The highest BCUT2D eigenvalue weighted by Gasteiger charge is 2.03. The van der Waals surface area contributed by atoms with E-state index in [0.29, 0.717) is 13.0 Å². The zero-order chi connectivity index (χ0) is 14.8. The van der Waals surface area contributed by atoms with E-state index in [1.165, 1.54) is 0 Å². The predicted octanol–water partition coefficient (Wildman–Crippen LogP) is 3.91. The molecule has 0 aliphatic rings. The second-order valence-electron chi connectivity index (χ2n) is 4.70. The summed E-state index contributed by atoms with van der Waals surface area (Å²) in [7, 11) is 0. The number of rotatable bonds is 10. The molecule has 0 atom stereocenters. The molecule has 0 unspecified atom stereocenters. The summed E-state index contributed by atoms with van der Waals surface area (Å²) in [6, 6.07) is 3.31. The molecular weight excluding hydrogens is 266 g/mol. The van der Waals surface area contributed by atoms with Gasteiger partial charge in [0.05, 0.1) is 6.61 Å². The number of halogens is 2. The Balaban J connectivity index is 2.02. The smallest absolute Gasteiger partial charge is 0.303 e. The Labute approximate surface area is 117 Å². The van der Waals surface area contributed by atoms with Crippen LogP contribution in [0.4, 0.5) is 8.78 Å². The van der Waals surface area contributed by atoms with Crippen LogP contribution in [0.2, 0.25) is 0 Å². The topological polar surface area (TPSA) is 46.5 Å². The van der Waals surface area contributed by atoms with Crippen molar-refractivity contribution < 1.29 is 23.4 Å². The first-order valence-corrected chi connectivity index (χ1v) is 6.83. The minimum Gasteiger partial charge on any atom is -0.481 e. The summed E-state index contributed by atoms with van der Waals surface area (Å²) in [5.74, 6) is -1.69. The molecule has 1 aromatic rings. The fraction of sp³-hybridized carbons (Fsp3) is 0.533. The van der Waals surface area contributed by atoms with Crippen LogP contribution in [0.5, 0.6) is 0 Å². The average molecular weight is 286 g/mol. The maximum Gasteiger partial charge on any atom is 0.303 e. The molecule has 0 aromatic heterocycles. The van der Waals surface area contributed by atoms with Gasteiger partial charge in [-0.15, -0.1) is 0 Å². The predicted molar refractivity (Wildman–Crippen MR) is 71.4 cm³/mol. The molecule has 0 spiro atoms. The van der Waals surface area contributed by atoms with Crippen LogP contribution >= 0.6 is 0 Å². The van der Waals surface area contributed by atoms with Crippen LogP contribution < -0.4 is 0 Å². The largest absolute Gasteiger partial charge is 0.481 e. The van der Waals surface area contributed by atoms with Gasteiger partial charge in [0.1, 0.15) is 11.6 Å². The van der Waals surface area contributed by atoms with Crippen LogP contribution in [-0.2, 0) is 16.1 Å². The van der Waals surface area contributed by atoms with Gasteiger partial charge in [0.15, 0.2) is 0 Å². The molecule has 0 fully saturated rings. The maximum atomic E-state index is 13.3. The minimum atomic E-state index is -0.759. The molecule has 0 aliphatic carbocycles. The summed E-state index contributed by atoms with van der Waals surface area (Å²) >= 11 is 0. The molecular formula is C15H20F2O3. The fourth-order valence-corrected chi connectivity index (χ4v) is 1.85. The van der Waals surface area contributed by atoms with E-state index in [-0.39, 0.29) is 18.6 Å². The lowest BCUT2D eigenvalue weighted by atomic mass is 10.1. The second-order valence-corrected chi connectivity index (χ2v) is 4.70. The Morgan fingerprint density at radius 1 is 1.10 bits per heavy atom. The van der Waals surface area contributed by atoms with Crippen molar-refractivity contribution in [2.45, 2.75) is 45.1 Å². The molecule has 1 rings (SSSR count). The summed E-state index contributed by atoms with van der Waals surface area (Å²) in [4.78, 5) is 10.3. The molecule has 0 saturated carbocycles. The van der Waals surface area contributed by atoms with Gasteiger partial charge in [-0.1, -0.05) is 19.3 Å². The van der Waals surface area contributed by atoms with E-state index in [0.717, 1.165) is 43.9 Å². The van der Waals surface area contributed by atoms with Crippen LogP contribution in [0.1, 0.15) is 44.1 Å². The lowest BCUT2D eigenvalue weighted by Crippen LogP contribution is -1.99. The standard InChI is InChI=1S/C15H20F2O3/c16-13-7-8-14(17)12(10-13)11-20-9-5-3-1-2-4-6-15(18)19/h7-8,10H,1-6,9,11H2,(H,18,19). The lowest BCUT2D eigenvalue weighted by molar-refractivity contribution is -0.137. The van der Waals surface area contributed by atoms with Gasteiger partial charge in [0.2, 0.25) is 0 Å². The SMILES string of the molecule is O=C(O)CCCCCCCOCc1cc(F)ccc1F. The third kappa shape index (κ3) is 7.19. The van der Waals surface area contributed by atoms with Gasteiger partial charge >= 0.3 is 5.97 Å². The molecule has 20 heavy (non-hydrogen) atoms. The maximum absolute atomic E-state index is 13.3. The first-order valence-electron chi connectivity index (χ1n) is 6.83. The zero-order valence-corrected chi connectivity index (χ0v) is 11.4. The van der Waals surface area contributed by atoms with Crippen LogP contribution in [0.3, 0.4) is 0 Å². The van der Waals surface area contributed by atoms with Gasteiger partial charge in [-0.25, -0.2) is 8.78 Å². The molecule has 112 valence electrons. The molecule has 0 aliphatic heterocycles. The third-order valence-electron chi connectivity index (χ3n) is 2.94. The highest BCUT2D eigenvalue weighted by atomic mass is 19.1. The highest BCUT2D eigenvalue weighted by molar-refractivity contribution is 5.66. The molecule has 1 N–H and O–H groups in total. The number of carbonyl (C=O) groups is 1. The number of aliphatic carboxylic acids is 1. The van der Waals surface area contributed by atoms with E-state index < -0.39 is 17.6 Å². The summed E-state index contributed by atoms with van der Waals surface area (Å²) in [5.41, 5.74) is 0.228. The van der Waals surface area contributed by atoms with E-state index in [9.17, 15) is 13.6 Å². The molecule has 0 radical (unpaired) electrons. The van der Waals surface area contributed by atoms with Crippen LogP contribution in [0.25, 0.3) is 0 Å². The van der Waals surface area contributed by atoms with Crippen molar-refractivity contribution >= 4 is 5.97 Å². The van der Waals surface area contributed by atoms with Gasteiger partial charge in [0, 0.05) is 18.6 Å². The number of carboxylic acids is 1. The van der Waals surface area contributed by atoms with E-state index in [4.69, 9.17) is 9.84 Å². The second kappa shape index (κ2) is 9.42. The Morgan fingerprint density at radius 3 is 2.55 bits per heavy atom. The summed E-state index contributed by atoms with van der Waals surface area (Å²) in [6.07, 6.45) is 4.56. The van der Waals surface area contributed by atoms with Gasteiger partial charge in [0.25, 0.3) is 0 Å². The Hall–Kier alpha value is -1.49. The fourth-order valence-electron chi connectivity index (χ4n) is 1.85. The van der Waals surface area contributed by atoms with Crippen molar-refractivity contribution in [2.24, 2.45) is 0 Å². The molecule has 0 saturated heterocycles. The quantitative estimate of drug-likeness (QED) is 0.663. The highest BCUT2D eigenvalue weighted by Crippen LogP contribution is 2.11. The normalized spacial score (nSPS) is 10.7. The Morgan fingerprint density at radius 2 is 1.80 bits per heavy atom. The number of benzene rings is 1. The Kier molecular flexibility index (Phi) is 7.80. The number of unbranched alkanes of at least 4 members (excludes halogenated alkanes) is 4. The number of carboxylic acid groups (broad SMARTS) is 1. The van der Waals surface area contributed by atoms with Crippen molar-refractivity contribution in [2.75, 3.05) is 6.61 Å². The van der Waals surface area contributed by atoms with E-state index in [2.05, 4.69) is 0 Å². The number of hydrogen-bond donors (Lipinski definition) is 1. The van der Waals surface area contributed by atoms with Crippen molar-refractivity contribution in [1.29, 1.82) is 0 Å². The number of hydrogen-bond acceptors (Lipinski definition) is 2. The zero-order valence-electron chi connectivity index (χ0n) is 11.4. The monoisotopic (exact) mass is 286 g/mol. The minimum absolute atomic E-state index is 0.0720. The van der Waals surface area contributed by atoms with E-state index in [1.807, 2.05) is 0 Å². The van der Waals surface area contributed by atoms with Crippen LogP contribution in [0.15, 0.2) is 18.2 Å². The molecule has 0 heterocycles. The van der Waals surface area contributed by atoms with E-state index in [1.54, 1.807) is 0 Å². The van der Waals surface area contributed by atoms with Crippen molar-refractivity contribution in [3.63, 3.8) is 0 Å². The summed E-state index contributed by atoms with van der Waals surface area (Å²) in [5, 5.41) is 8.46. The van der Waals surface area contributed by atoms with E-state index >= 15 is 0 Å². The average Bonchev–Trinajstić information content (AvgIpc) is 2.40. The van der Waals surface area contributed by atoms with Crippen molar-refractivity contribution in [3.8, 4) is 0 Å². The molecule has 1 aromatic carbocycles. The van der Waals surface area contributed by atoms with Crippen LogP contribution in [0, 0.1) is 11.6 Å². The van der Waals surface area contributed by atoms with Gasteiger partial charge in [-0.2, -0.15) is 0 Å². The molecule has 3 nitrogen and oxygen atoms in total. The summed E-state index contributed by atoms with van der Waals surface area (Å²) < 4.78 is 31.4. The lowest BCUT2D eigenvalue weighted by Gasteiger charge is -2.05. The number of ether oxygens (including phenoxy) is 1. The first-order chi connectivity index (χ1) is 9.59. The van der Waals surface area contributed by atoms with Crippen molar-refractivity contribution in [1.82, 2.24) is 0 Å². The van der Waals surface area contributed by atoms with Gasteiger partial charge in [-0.3, -0.25) is 4.79 Å². The van der Waals surface area contributed by atoms with Crippen LogP contribution in [-0.4, -0.2) is 17.7 Å². The van der Waals surface area contributed by atoms with Gasteiger partial charge in [-0.05, 0) is 31.0 Å². The molecule has 0 bridgehead atoms. The first kappa shape index (κ1) is 16.6. The molecule has 0 amide bonds. The summed E-state index contributed by atoms with van der Waals surface area (Å²) in [6.45, 7) is 0.567. The Bertz CT molecular complexity index is 422.